The van der Waals surface area contributed by atoms with Gasteiger partial charge in [-0.25, -0.2) is 12.3 Å². The Bertz CT molecular complexity index is 330. The van der Waals surface area contributed by atoms with Gasteiger partial charge in [0.2, 0.25) is 0 Å². The summed E-state index contributed by atoms with van der Waals surface area (Å²) < 4.78 is 4.69. The fourth-order valence-electron chi connectivity index (χ4n) is 1.19. The van der Waals surface area contributed by atoms with E-state index in [9.17, 15) is 0 Å². The summed E-state index contributed by atoms with van der Waals surface area (Å²) in [4.78, 5) is 2.18. The van der Waals surface area contributed by atoms with E-state index in [4.69, 9.17) is 4.74 Å². The Labute approximate surface area is 233 Å². The molecule has 0 aliphatic carbocycles. The molecule has 0 bridgehead atoms. The molecule has 1 aromatic rings. The van der Waals surface area contributed by atoms with E-state index < -0.39 is 0 Å². The largest absolute Gasteiger partial charge is 0.385 e. The fourth-order valence-corrected chi connectivity index (χ4v) is 1.19. The molecule has 0 heterocycles. The fraction of sp³-hybridized carbons (Fsp3) is 0.724. The molecule has 1 atom stereocenters. The third-order valence-electron chi connectivity index (χ3n) is 3.33. The van der Waals surface area contributed by atoms with Gasteiger partial charge in [-0.1, -0.05) is 106 Å². The van der Waals surface area contributed by atoms with Crippen molar-refractivity contribution >= 4 is 0 Å². The smallest absolute Gasteiger partial charge is 0.0459 e. The van der Waals surface area contributed by atoms with Crippen LogP contribution in [0.25, 0.3) is 0 Å². The second-order valence-corrected chi connectivity index (χ2v) is 7.65. The Morgan fingerprint density at radius 1 is 0.906 bits per heavy atom. The number of hydrogen-bond donors (Lipinski definition) is 0. The minimum Gasteiger partial charge on any atom is -0.385 e. The van der Waals surface area contributed by atoms with Gasteiger partial charge in [0.05, 0.1) is 0 Å². The summed E-state index contributed by atoms with van der Waals surface area (Å²) in [6, 6.07) is 10.3. The zero-order chi connectivity index (χ0) is 22.8. The van der Waals surface area contributed by atoms with Crippen molar-refractivity contribution in [1.82, 2.24) is 4.90 Å². The summed E-state index contributed by atoms with van der Waals surface area (Å²) in [5.74, 6) is 1.41. The molecule has 0 saturated heterocycles. The third-order valence-corrected chi connectivity index (χ3v) is 3.33. The standard InChI is InChI=1S/C7H8.C5H13N.C5H12.C5H10.C4H10O.3CH4.Y/c1-7-5-3-2-4-6-7;1-4-5-6(2)3;2*1-4-5(2)3;1-3-4-5-2;;;;/h2-6H,1H3;4-5H2,1-3H3;5H,4H2,1-3H3;5H,1-2,4H2,3H3;3-4H2,1-2H3;3*1H4;/q;;;-2;;;;;. The summed E-state index contributed by atoms with van der Waals surface area (Å²) in [6.07, 6.45) is 4.63. The van der Waals surface area contributed by atoms with Crippen LogP contribution >= 0.6 is 0 Å². The van der Waals surface area contributed by atoms with E-state index in [2.05, 4.69) is 86.5 Å². The predicted molar refractivity (Wildman–Crippen MR) is 152 cm³/mol. The van der Waals surface area contributed by atoms with E-state index in [1.165, 1.54) is 24.9 Å². The van der Waals surface area contributed by atoms with Crippen LogP contribution in [0.4, 0.5) is 0 Å². The van der Waals surface area contributed by atoms with Crippen LogP contribution in [-0.4, -0.2) is 39.3 Å². The Hall–Kier alpha value is 0.244. The second kappa shape index (κ2) is 48.6. The van der Waals surface area contributed by atoms with Gasteiger partial charge in [-0.05, 0) is 46.3 Å². The topological polar surface area (TPSA) is 12.5 Å². The molecule has 0 aliphatic rings. The maximum atomic E-state index is 4.69. The van der Waals surface area contributed by atoms with Crippen LogP contribution in [0.3, 0.4) is 0 Å². The minimum absolute atomic E-state index is 0. The maximum absolute atomic E-state index is 4.69. The molecule has 2 nitrogen and oxygen atoms in total. The molecule has 0 spiro atoms. The Kier molecular flexibility index (Phi) is 81.4. The molecular formula is C29H65NOY-2. The molecule has 3 heteroatoms. The van der Waals surface area contributed by atoms with Gasteiger partial charge in [-0.15, -0.1) is 0 Å². The van der Waals surface area contributed by atoms with E-state index in [0.717, 1.165) is 25.4 Å². The van der Waals surface area contributed by atoms with Crippen molar-refractivity contribution in [3.63, 3.8) is 0 Å². The summed E-state index contributed by atoms with van der Waals surface area (Å²) >= 11 is 0. The predicted octanol–water partition coefficient (Wildman–Crippen LogP) is 9.63. The Morgan fingerprint density at radius 3 is 1.34 bits per heavy atom. The maximum Gasteiger partial charge on any atom is 0.0459 e. The molecule has 1 aromatic carbocycles. The van der Waals surface area contributed by atoms with E-state index in [1.807, 2.05) is 25.1 Å². The van der Waals surface area contributed by atoms with Crippen LogP contribution in [0.2, 0.25) is 0 Å². The number of methoxy groups -OCH3 is 1. The van der Waals surface area contributed by atoms with Crippen LogP contribution in [0.1, 0.15) is 95.1 Å². The number of aryl methyl sites for hydroxylation is 1. The molecule has 0 saturated carbocycles. The number of hydrogen-bond acceptors (Lipinski definition) is 2. The van der Waals surface area contributed by atoms with Crippen molar-refractivity contribution < 1.29 is 37.4 Å². The molecule has 1 rings (SSSR count). The number of rotatable bonds is 6. The number of benzene rings is 1. The van der Waals surface area contributed by atoms with Gasteiger partial charge in [-0.2, -0.15) is 0 Å². The SMILES string of the molecule is C.C.C.CCC(C)C.CCCN(C)C.CCCOC.Cc1ccccc1.[CH2-]CC([CH2-])C.[Y]. The van der Waals surface area contributed by atoms with Crippen molar-refractivity contribution in [2.24, 2.45) is 11.8 Å². The van der Waals surface area contributed by atoms with E-state index in [0.29, 0.717) is 5.92 Å². The van der Waals surface area contributed by atoms with Gasteiger partial charge < -0.3 is 23.5 Å². The Morgan fingerprint density at radius 2 is 1.28 bits per heavy atom. The Balaban J connectivity index is -0.0000000367. The number of nitrogens with zero attached hydrogens (tertiary/aromatic N) is 1. The number of ether oxygens (including phenoxy) is 1. The molecule has 1 radical (unpaired) electrons. The van der Waals surface area contributed by atoms with E-state index >= 15 is 0 Å². The van der Waals surface area contributed by atoms with Crippen LogP contribution in [0.15, 0.2) is 30.3 Å². The van der Waals surface area contributed by atoms with E-state index in [-0.39, 0.29) is 55.0 Å². The summed E-state index contributed by atoms with van der Waals surface area (Å²) in [5, 5.41) is 0. The van der Waals surface area contributed by atoms with Gasteiger partial charge in [0.15, 0.2) is 0 Å². The quantitative estimate of drug-likeness (QED) is 0.338. The molecule has 197 valence electrons. The summed E-state index contributed by atoms with van der Waals surface area (Å²) in [6.45, 7) is 24.5. The molecule has 0 aromatic heterocycles. The minimum atomic E-state index is 0. The third kappa shape index (κ3) is 87.0. The first kappa shape index (κ1) is 53.6. The first-order chi connectivity index (χ1) is 13.1. The van der Waals surface area contributed by atoms with Crippen LogP contribution in [0.5, 0.6) is 0 Å². The second-order valence-electron chi connectivity index (χ2n) is 7.65. The van der Waals surface area contributed by atoms with Gasteiger partial charge in [0.1, 0.15) is 0 Å². The average molecular weight is 533 g/mol. The van der Waals surface area contributed by atoms with Gasteiger partial charge >= 0.3 is 0 Å². The zero-order valence-corrected chi connectivity index (χ0v) is 24.5. The molecule has 0 N–H and O–H groups in total. The van der Waals surface area contributed by atoms with Gasteiger partial charge in [0.25, 0.3) is 0 Å². The van der Waals surface area contributed by atoms with Crippen molar-refractivity contribution in [2.45, 2.75) is 96.4 Å². The van der Waals surface area contributed by atoms with Crippen LogP contribution < -0.4 is 0 Å². The molecular weight excluding hydrogens is 467 g/mol. The van der Waals surface area contributed by atoms with Crippen molar-refractivity contribution in [3.8, 4) is 0 Å². The molecule has 0 aliphatic heterocycles. The summed E-state index contributed by atoms with van der Waals surface area (Å²) in [5.41, 5.74) is 1.32. The van der Waals surface area contributed by atoms with Crippen molar-refractivity contribution in [1.29, 1.82) is 0 Å². The molecule has 0 fully saturated rings. The van der Waals surface area contributed by atoms with Crippen molar-refractivity contribution in [3.05, 3.63) is 49.7 Å². The first-order valence-corrected chi connectivity index (χ1v) is 10.9. The molecule has 1 unspecified atom stereocenters. The van der Waals surface area contributed by atoms with Gasteiger partial charge in [-0.3, -0.25) is 0 Å². The summed E-state index contributed by atoms with van der Waals surface area (Å²) in [7, 11) is 5.89. The van der Waals surface area contributed by atoms with Crippen molar-refractivity contribution in [2.75, 3.05) is 34.4 Å². The average Bonchev–Trinajstić information content (AvgIpc) is 2.65. The monoisotopic (exact) mass is 532 g/mol. The van der Waals surface area contributed by atoms with Crippen LogP contribution in [0, 0.1) is 32.6 Å². The first-order valence-electron chi connectivity index (χ1n) is 10.9. The van der Waals surface area contributed by atoms with E-state index in [1.54, 1.807) is 7.11 Å². The van der Waals surface area contributed by atoms with Gasteiger partial charge in [0, 0.05) is 46.4 Å². The normalized spacial score (nSPS) is 8.94. The zero-order valence-electron chi connectivity index (χ0n) is 21.6. The van der Waals surface area contributed by atoms with Crippen LogP contribution in [-0.2, 0) is 37.4 Å². The molecule has 0 amide bonds. The molecule has 32 heavy (non-hydrogen) atoms.